The van der Waals surface area contributed by atoms with Gasteiger partial charge in [-0.3, -0.25) is 0 Å². The lowest BCUT2D eigenvalue weighted by molar-refractivity contribution is 0.252. The highest BCUT2D eigenvalue weighted by atomic mass is 32.2. The van der Waals surface area contributed by atoms with E-state index in [1.165, 1.54) is 12.1 Å². The molecule has 2 aromatic rings. The zero-order valence-corrected chi connectivity index (χ0v) is 10.9. The van der Waals surface area contributed by atoms with Gasteiger partial charge in [-0.05, 0) is 30.3 Å². The Labute approximate surface area is 118 Å². The van der Waals surface area contributed by atoms with E-state index in [1.807, 2.05) is 0 Å². The third-order valence-electron chi connectivity index (χ3n) is 2.47. The fraction of sp³-hybridized carbons (Fsp3) is 0.0714. The van der Waals surface area contributed by atoms with Crippen molar-refractivity contribution in [3.05, 3.63) is 53.8 Å². The highest BCUT2D eigenvalue weighted by Crippen LogP contribution is 2.33. The molecule has 0 aromatic heterocycles. The van der Waals surface area contributed by atoms with Crippen molar-refractivity contribution < 1.29 is 13.2 Å². The molecule has 0 heterocycles. The Bertz CT molecular complexity index is 653. The third-order valence-corrected chi connectivity index (χ3v) is 3.26. The molecule has 0 atom stereocenters. The van der Waals surface area contributed by atoms with Gasteiger partial charge in [0.15, 0.2) is 0 Å². The number of rotatable bonds is 4. The Morgan fingerprint density at radius 1 is 1.15 bits per heavy atom. The lowest BCUT2D eigenvalue weighted by atomic mass is 10.2. The first-order chi connectivity index (χ1) is 9.60. The van der Waals surface area contributed by atoms with Crippen LogP contribution in [-0.4, -0.2) is 5.76 Å². The Kier molecular flexibility index (Phi) is 4.53. The lowest BCUT2D eigenvalue weighted by Gasteiger charge is -2.11. The second kappa shape index (κ2) is 6.35. The predicted octanol–water partition coefficient (Wildman–Crippen LogP) is 4.76. The van der Waals surface area contributed by atoms with Crippen molar-refractivity contribution in [3.63, 3.8) is 0 Å². The van der Waals surface area contributed by atoms with Gasteiger partial charge < -0.3 is 5.32 Å². The van der Waals surface area contributed by atoms with E-state index in [2.05, 4.69) is 5.32 Å². The van der Waals surface area contributed by atoms with Crippen LogP contribution in [0.25, 0.3) is 0 Å². The van der Waals surface area contributed by atoms with Crippen molar-refractivity contribution in [1.82, 2.24) is 0 Å². The lowest BCUT2D eigenvalue weighted by Crippen LogP contribution is -1.95. The first kappa shape index (κ1) is 14.3. The number of alkyl halides is 2. The molecule has 6 heteroatoms. The largest absolute Gasteiger partial charge is 0.355 e. The van der Waals surface area contributed by atoms with Crippen LogP contribution in [0.15, 0.2) is 47.4 Å². The molecular weight excluding hydrogens is 285 g/mol. The molecule has 0 aliphatic rings. The molecule has 2 nitrogen and oxygen atoms in total. The van der Waals surface area contributed by atoms with E-state index in [0.717, 1.165) is 6.07 Å². The fourth-order valence-electron chi connectivity index (χ4n) is 1.61. The monoisotopic (exact) mass is 294 g/mol. The first-order valence-electron chi connectivity index (χ1n) is 5.60. The Balaban J connectivity index is 2.26. The van der Waals surface area contributed by atoms with E-state index < -0.39 is 11.6 Å². The standard InChI is InChI=1S/C14H9F3N2S/c15-11-7-10(6-5-9(11)8-18)19-12-3-1-2-4-13(12)20-14(16)17/h1-7,14,19H. The van der Waals surface area contributed by atoms with Crippen molar-refractivity contribution in [2.45, 2.75) is 10.7 Å². The summed E-state index contributed by atoms with van der Waals surface area (Å²) in [4.78, 5) is 0.368. The number of hydrogen-bond acceptors (Lipinski definition) is 3. The minimum absolute atomic E-state index is 0.0641. The van der Waals surface area contributed by atoms with Gasteiger partial charge in [0, 0.05) is 10.6 Å². The van der Waals surface area contributed by atoms with E-state index >= 15 is 0 Å². The summed E-state index contributed by atoms with van der Waals surface area (Å²) < 4.78 is 38.4. The maximum atomic E-state index is 13.5. The van der Waals surface area contributed by atoms with Gasteiger partial charge in [-0.25, -0.2) is 4.39 Å². The number of nitrogens with zero attached hydrogens (tertiary/aromatic N) is 1. The van der Waals surface area contributed by atoms with E-state index in [9.17, 15) is 13.2 Å². The highest BCUT2D eigenvalue weighted by Gasteiger charge is 2.10. The van der Waals surface area contributed by atoms with Gasteiger partial charge >= 0.3 is 0 Å². The van der Waals surface area contributed by atoms with Crippen molar-refractivity contribution in [1.29, 1.82) is 5.26 Å². The molecule has 0 spiro atoms. The number of thioether (sulfide) groups is 1. The summed E-state index contributed by atoms with van der Waals surface area (Å²) in [5.74, 6) is -3.19. The predicted molar refractivity (Wildman–Crippen MR) is 72.7 cm³/mol. The van der Waals surface area contributed by atoms with Crippen LogP contribution in [0.1, 0.15) is 5.56 Å². The topological polar surface area (TPSA) is 35.8 Å². The van der Waals surface area contributed by atoms with E-state index in [-0.39, 0.29) is 5.56 Å². The van der Waals surface area contributed by atoms with Crippen molar-refractivity contribution in [2.24, 2.45) is 0 Å². The molecule has 20 heavy (non-hydrogen) atoms. The molecule has 1 N–H and O–H groups in total. The van der Waals surface area contributed by atoms with Crippen LogP contribution >= 0.6 is 11.8 Å². The van der Waals surface area contributed by atoms with E-state index in [1.54, 1.807) is 30.3 Å². The number of anilines is 2. The Hall–Kier alpha value is -2.13. The van der Waals surface area contributed by atoms with Crippen LogP contribution in [0.3, 0.4) is 0 Å². The van der Waals surface area contributed by atoms with Crippen molar-refractivity contribution in [3.8, 4) is 6.07 Å². The zero-order chi connectivity index (χ0) is 14.5. The zero-order valence-electron chi connectivity index (χ0n) is 10.1. The summed E-state index contributed by atoms with van der Waals surface area (Å²) in [5.41, 5.74) is 0.788. The molecular formula is C14H9F3N2S. The van der Waals surface area contributed by atoms with Gasteiger partial charge in [0.2, 0.25) is 0 Å². The average Bonchev–Trinajstić information content (AvgIpc) is 2.41. The molecule has 0 aliphatic carbocycles. The minimum atomic E-state index is -2.53. The number of nitriles is 1. The normalized spacial score (nSPS) is 10.3. The summed E-state index contributed by atoms with van der Waals surface area (Å²) in [6.07, 6.45) is 0. The SMILES string of the molecule is N#Cc1ccc(Nc2ccccc2SC(F)F)cc1F. The maximum absolute atomic E-state index is 13.5. The fourth-order valence-corrected chi connectivity index (χ4v) is 2.20. The summed E-state index contributed by atoms with van der Waals surface area (Å²) in [6, 6.07) is 12.2. The number of benzene rings is 2. The van der Waals surface area contributed by atoms with Gasteiger partial charge in [0.25, 0.3) is 5.76 Å². The first-order valence-corrected chi connectivity index (χ1v) is 6.48. The summed E-state index contributed by atoms with van der Waals surface area (Å²) in [5, 5.41) is 11.5. The second-order valence-electron chi connectivity index (χ2n) is 3.81. The van der Waals surface area contributed by atoms with Crippen LogP contribution in [0.4, 0.5) is 24.5 Å². The number of nitrogens with one attached hydrogen (secondary N) is 1. The van der Waals surface area contributed by atoms with Gasteiger partial charge in [0.05, 0.1) is 11.3 Å². The van der Waals surface area contributed by atoms with Crippen LogP contribution in [0, 0.1) is 17.1 Å². The van der Waals surface area contributed by atoms with Gasteiger partial charge in [0.1, 0.15) is 11.9 Å². The number of hydrogen-bond donors (Lipinski definition) is 1. The van der Waals surface area contributed by atoms with Gasteiger partial charge in [-0.15, -0.1) is 0 Å². The number of para-hydroxylation sites is 1. The molecule has 2 rings (SSSR count). The molecule has 0 amide bonds. The molecule has 0 saturated heterocycles. The van der Waals surface area contributed by atoms with E-state index in [0.29, 0.717) is 28.0 Å². The second-order valence-corrected chi connectivity index (χ2v) is 4.84. The molecule has 0 aliphatic heterocycles. The van der Waals surface area contributed by atoms with Gasteiger partial charge in [-0.1, -0.05) is 23.9 Å². The summed E-state index contributed by atoms with van der Waals surface area (Å²) in [7, 11) is 0. The Morgan fingerprint density at radius 2 is 1.90 bits per heavy atom. The number of halogens is 3. The maximum Gasteiger partial charge on any atom is 0.288 e. The summed E-state index contributed by atoms with van der Waals surface area (Å²) in [6.45, 7) is 0. The highest BCUT2D eigenvalue weighted by molar-refractivity contribution is 7.99. The molecule has 2 aromatic carbocycles. The van der Waals surface area contributed by atoms with Crippen LogP contribution in [0.5, 0.6) is 0 Å². The molecule has 0 radical (unpaired) electrons. The minimum Gasteiger partial charge on any atom is -0.355 e. The van der Waals surface area contributed by atoms with Crippen molar-refractivity contribution >= 4 is 23.1 Å². The molecule has 0 fully saturated rings. The van der Waals surface area contributed by atoms with Crippen molar-refractivity contribution in [2.75, 3.05) is 5.32 Å². The molecule has 0 unspecified atom stereocenters. The van der Waals surface area contributed by atoms with Gasteiger partial charge in [-0.2, -0.15) is 14.0 Å². The third kappa shape index (κ3) is 3.45. The quantitative estimate of drug-likeness (QED) is 0.826. The molecule has 0 saturated carbocycles. The van der Waals surface area contributed by atoms with E-state index in [4.69, 9.17) is 5.26 Å². The van der Waals surface area contributed by atoms with Crippen LogP contribution < -0.4 is 5.32 Å². The smallest absolute Gasteiger partial charge is 0.288 e. The molecule has 102 valence electrons. The molecule has 0 bridgehead atoms. The van der Waals surface area contributed by atoms with Crippen LogP contribution in [-0.2, 0) is 0 Å². The summed E-state index contributed by atoms with van der Waals surface area (Å²) >= 11 is 0.414. The van der Waals surface area contributed by atoms with Crippen LogP contribution in [0.2, 0.25) is 0 Å². The Morgan fingerprint density at radius 3 is 2.55 bits per heavy atom. The average molecular weight is 294 g/mol.